The number of benzene rings is 1. The van der Waals surface area contributed by atoms with Crippen LogP contribution in [0.25, 0.3) is 6.08 Å². The Kier molecular flexibility index (Phi) is 5.12. The smallest absolute Gasteiger partial charge is 0.309 e. The number of hydrogen-bond acceptors (Lipinski definition) is 2. The molecular weight excluding hydrogens is 256 g/mol. The molecule has 2 nitrogen and oxygen atoms in total. The van der Waals surface area contributed by atoms with Crippen molar-refractivity contribution in [1.29, 1.82) is 0 Å². The molecule has 3 heteroatoms. The highest BCUT2D eigenvalue weighted by Gasteiger charge is 2.02. The molecule has 0 aliphatic carbocycles. The first kappa shape index (κ1) is 12.0. The molecule has 1 rings (SSSR count). The lowest BCUT2D eigenvalue weighted by Crippen LogP contribution is -2.04. The van der Waals surface area contributed by atoms with E-state index in [4.69, 9.17) is 0 Å². The average molecular weight is 269 g/mol. The van der Waals surface area contributed by atoms with Crippen LogP contribution in [0.5, 0.6) is 0 Å². The first-order valence-corrected chi connectivity index (χ1v) is 5.76. The van der Waals surface area contributed by atoms with Gasteiger partial charge >= 0.3 is 5.97 Å². The summed E-state index contributed by atoms with van der Waals surface area (Å²) in [5.41, 5.74) is 2.06. The fourth-order valence-corrected chi connectivity index (χ4v) is 1.41. The maximum Gasteiger partial charge on any atom is 0.309 e. The van der Waals surface area contributed by atoms with Crippen LogP contribution in [0.15, 0.2) is 30.3 Å². The number of allylic oxidation sites excluding steroid dienone is 1. The molecule has 1 aromatic carbocycles. The quantitative estimate of drug-likeness (QED) is 0.620. The minimum atomic E-state index is -0.211. The standard InChI is InChI=1S/C12H13BrO2/c1-15-12(14)9-11-5-2-4-10(8-11)6-3-7-13/h2-6,8H,7,9H2,1H3. The number of ether oxygens (including phenoxy) is 1. The van der Waals surface area contributed by atoms with Crippen molar-refractivity contribution in [2.24, 2.45) is 0 Å². The average Bonchev–Trinajstić information content (AvgIpc) is 2.26. The van der Waals surface area contributed by atoms with E-state index in [1.54, 1.807) is 0 Å². The van der Waals surface area contributed by atoms with Gasteiger partial charge in [0.15, 0.2) is 0 Å². The number of carbonyl (C=O) groups is 1. The number of carbonyl (C=O) groups excluding carboxylic acids is 1. The molecule has 0 aliphatic heterocycles. The van der Waals surface area contributed by atoms with Crippen molar-refractivity contribution in [3.05, 3.63) is 41.5 Å². The Morgan fingerprint density at radius 2 is 2.33 bits per heavy atom. The van der Waals surface area contributed by atoms with E-state index in [9.17, 15) is 4.79 Å². The minimum absolute atomic E-state index is 0.211. The first-order chi connectivity index (χ1) is 7.26. The van der Waals surface area contributed by atoms with Crippen LogP contribution in [0.4, 0.5) is 0 Å². The van der Waals surface area contributed by atoms with Gasteiger partial charge < -0.3 is 4.74 Å². The van der Waals surface area contributed by atoms with Gasteiger partial charge in [-0.05, 0) is 11.1 Å². The Labute approximate surface area is 98.1 Å². The molecule has 0 heterocycles. The van der Waals surface area contributed by atoms with Crippen LogP contribution in [-0.4, -0.2) is 18.4 Å². The largest absolute Gasteiger partial charge is 0.469 e. The Bertz CT molecular complexity index is 358. The molecule has 0 amide bonds. The lowest BCUT2D eigenvalue weighted by molar-refractivity contribution is -0.139. The summed E-state index contributed by atoms with van der Waals surface area (Å²) in [4.78, 5) is 11.1. The van der Waals surface area contributed by atoms with Crippen molar-refractivity contribution in [3.8, 4) is 0 Å². The molecular formula is C12H13BrO2. The third-order valence-corrected chi connectivity index (χ3v) is 2.30. The van der Waals surface area contributed by atoms with E-state index in [0.717, 1.165) is 16.5 Å². The molecule has 0 radical (unpaired) electrons. The van der Waals surface area contributed by atoms with E-state index in [1.807, 2.05) is 36.4 Å². The molecule has 0 fully saturated rings. The Morgan fingerprint density at radius 3 is 3.00 bits per heavy atom. The third kappa shape index (κ3) is 4.30. The number of rotatable bonds is 4. The number of esters is 1. The number of halogens is 1. The normalized spacial score (nSPS) is 10.5. The summed E-state index contributed by atoms with van der Waals surface area (Å²) in [6.45, 7) is 0. The molecule has 0 unspecified atom stereocenters. The lowest BCUT2D eigenvalue weighted by atomic mass is 10.1. The minimum Gasteiger partial charge on any atom is -0.469 e. The highest BCUT2D eigenvalue weighted by Crippen LogP contribution is 2.08. The molecule has 15 heavy (non-hydrogen) atoms. The topological polar surface area (TPSA) is 26.3 Å². The third-order valence-electron chi connectivity index (χ3n) is 1.93. The molecule has 1 aromatic rings. The van der Waals surface area contributed by atoms with Crippen molar-refractivity contribution in [2.75, 3.05) is 12.4 Å². The van der Waals surface area contributed by atoms with Crippen LogP contribution in [0.1, 0.15) is 11.1 Å². The summed E-state index contributed by atoms with van der Waals surface area (Å²) in [6, 6.07) is 7.84. The van der Waals surface area contributed by atoms with Gasteiger partial charge in [0.25, 0.3) is 0 Å². The predicted molar refractivity (Wildman–Crippen MR) is 65.0 cm³/mol. The molecule has 80 valence electrons. The zero-order chi connectivity index (χ0) is 11.1. The van der Waals surface area contributed by atoms with E-state index in [0.29, 0.717) is 6.42 Å². The van der Waals surface area contributed by atoms with Gasteiger partial charge in [-0.1, -0.05) is 52.3 Å². The van der Waals surface area contributed by atoms with Gasteiger partial charge in [0.2, 0.25) is 0 Å². The number of hydrogen-bond donors (Lipinski definition) is 0. The molecule has 0 bridgehead atoms. The van der Waals surface area contributed by atoms with Crippen LogP contribution in [0.3, 0.4) is 0 Å². The molecule has 0 atom stereocenters. The maximum atomic E-state index is 11.1. The summed E-state index contributed by atoms with van der Waals surface area (Å²) in [5, 5.41) is 0.828. The van der Waals surface area contributed by atoms with E-state index in [-0.39, 0.29) is 5.97 Å². The summed E-state index contributed by atoms with van der Waals surface area (Å²) < 4.78 is 4.61. The molecule has 0 spiro atoms. The molecule has 0 N–H and O–H groups in total. The Hall–Kier alpha value is -1.09. The number of methoxy groups -OCH3 is 1. The van der Waals surface area contributed by atoms with Gasteiger partial charge in [-0.2, -0.15) is 0 Å². The zero-order valence-electron chi connectivity index (χ0n) is 8.57. The first-order valence-electron chi connectivity index (χ1n) is 4.64. The van der Waals surface area contributed by atoms with E-state index in [2.05, 4.69) is 20.7 Å². The monoisotopic (exact) mass is 268 g/mol. The van der Waals surface area contributed by atoms with Crippen LogP contribution in [0.2, 0.25) is 0 Å². The van der Waals surface area contributed by atoms with Crippen LogP contribution < -0.4 is 0 Å². The predicted octanol–water partition coefficient (Wildman–Crippen LogP) is 2.81. The summed E-state index contributed by atoms with van der Waals surface area (Å²) in [7, 11) is 1.40. The number of alkyl halides is 1. The Balaban J connectivity index is 2.74. The van der Waals surface area contributed by atoms with E-state index >= 15 is 0 Å². The van der Waals surface area contributed by atoms with Crippen molar-refractivity contribution < 1.29 is 9.53 Å². The Morgan fingerprint density at radius 1 is 1.53 bits per heavy atom. The van der Waals surface area contributed by atoms with Crippen molar-refractivity contribution in [1.82, 2.24) is 0 Å². The fraction of sp³-hybridized carbons (Fsp3) is 0.250. The molecule has 0 aromatic heterocycles. The second-order valence-corrected chi connectivity index (χ2v) is 3.70. The maximum absolute atomic E-state index is 11.1. The lowest BCUT2D eigenvalue weighted by Gasteiger charge is -2.01. The van der Waals surface area contributed by atoms with Gasteiger partial charge in [-0.25, -0.2) is 0 Å². The van der Waals surface area contributed by atoms with Crippen molar-refractivity contribution in [2.45, 2.75) is 6.42 Å². The van der Waals surface area contributed by atoms with Gasteiger partial charge in [0.1, 0.15) is 0 Å². The van der Waals surface area contributed by atoms with Gasteiger partial charge in [0, 0.05) is 5.33 Å². The fourth-order valence-electron chi connectivity index (χ4n) is 1.23. The molecule has 0 aliphatic rings. The van der Waals surface area contributed by atoms with Crippen LogP contribution >= 0.6 is 15.9 Å². The second-order valence-electron chi connectivity index (χ2n) is 3.05. The second kappa shape index (κ2) is 6.40. The summed E-state index contributed by atoms with van der Waals surface area (Å²) >= 11 is 3.32. The molecule has 0 saturated heterocycles. The zero-order valence-corrected chi connectivity index (χ0v) is 10.2. The molecule has 0 saturated carbocycles. The summed E-state index contributed by atoms with van der Waals surface area (Å²) in [6.07, 6.45) is 4.35. The van der Waals surface area contributed by atoms with Crippen LogP contribution in [-0.2, 0) is 16.0 Å². The van der Waals surface area contributed by atoms with Crippen molar-refractivity contribution in [3.63, 3.8) is 0 Å². The van der Waals surface area contributed by atoms with Gasteiger partial charge in [0.05, 0.1) is 13.5 Å². The van der Waals surface area contributed by atoms with E-state index < -0.39 is 0 Å². The SMILES string of the molecule is COC(=O)Cc1cccc(C=CCBr)c1. The van der Waals surface area contributed by atoms with Crippen molar-refractivity contribution >= 4 is 28.0 Å². The van der Waals surface area contributed by atoms with Gasteiger partial charge in [-0.15, -0.1) is 0 Å². The highest BCUT2D eigenvalue weighted by atomic mass is 79.9. The van der Waals surface area contributed by atoms with E-state index in [1.165, 1.54) is 7.11 Å². The van der Waals surface area contributed by atoms with Gasteiger partial charge in [-0.3, -0.25) is 4.79 Å². The summed E-state index contributed by atoms with van der Waals surface area (Å²) in [5.74, 6) is -0.211. The highest BCUT2D eigenvalue weighted by molar-refractivity contribution is 9.09. The van der Waals surface area contributed by atoms with Crippen LogP contribution in [0, 0.1) is 0 Å².